The number of morpholine rings is 1. The summed E-state index contributed by atoms with van der Waals surface area (Å²) in [5.41, 5.74) is 1.83. The summed E-state index contributed by atoms with van der Waals surface area (Å²) in [6.45, 7) is 4.74. The molecule has 3 aromatic rings. The smallest absolute Gasteiger partial charge is 0.344 e. The standard InChI is InChI=1S/C23H24N2O4/c1-24(9-10-25-11-13-28-14-12-25)22(26)19-7-4-6-17(15-19)20-16-18-5-2-3-8-21(18)29-23(20)27/h2-8,15-16H,9-14H2,1H3. The Balaban J connectivity index is 1.53. The number of amides is 1. The molecule has 0 bridgehead atoms. The largest absolute Gasteiger partial charge is 0.422 e. The molecule has 6 heteroatoms. The molecule has 0 unspecified atom stereocenters. The Hall–Kier alpha value is -2.96. The van der Waals surface area contributed by atoms with Gasteiger partial charge in [0.05, 0.1) is 18.8 Å². The molecule has 1 aromatic heterocycles. The quantitative estimate of drug-likeness (QED) is 0.625. The zero-order valence-corrected chi connectivity index (χ0v) is 16.5. The first kappa shape index (κ1) is 19.4. The van der Waals surface area contributed by atoms with E-state index in [9.17, 15) is 9.59 Å². The third kappa shape index (κ3) is 4.39. The molecule has 0 radical (unpaired) electrons. The topological polar surface area (TPSA) is 63.0 Å². The number of para-hydroxylation sites is 1. The number of ether oxygens (including phenoxy) is 1. The highest BCUT2D eigenvalue weighted by molar-refractivity contribution is 5.95. The van der Waals surface area contributed by atoms with Crippen LogP contribution >= 0.6 is 0 Å². The van der Waals surface area contributed by atoms with Crippen molar-refractivity contribution >= 4 is 16.9 Å². The van der Waals surface area contributed by atoms with Gasteiger partial charge in [0.1, 0.15) is 5.58 Å². The second-order valence-electron chi connectivity index (χ2n) is 7.25. The van der Waals surface area contributed by atoms with Crippen molar-refractivity contribution < 1.29 is 13.9 Å². The van der Waals surface area contributed by atoms with Crippen molar-refractivity contribution in [2.75, 3.05) is 46.4 Å². The molecule has 29 heavy (non-hydrogen) atoms. The lowest BCUT2D eigenvalue weighted by Crippen LogP contribution is -2.41. The summed E-state index contributed by atoms with van der Waals surface area (Å²) in [5, 5.41) is 0.849. The monoisotopic (exact) mass is 392 g/mol. The van der Waals surface area contributed by atoms with E-state index in [1.807, 2.05) is 30.3 Å². The third-order valence-electron chi connectivity index (χ3n) is 5.26. The van der Waals surface area contributed by atoms with Gasteiger partial charge in [-0.1, -0.05) is 30.3 Å². The molecule has 1 fully saturated rings. The van der Waals surface area contributed by atoms with Gasteiger partial charge in [-0.2, -0.15) is 0 Å². The van der Waals surface area contributed by atoms with Gasteiger partial charge in [-0.25, -0.2) is 4.79 Å². The minimum absolute atomic E-state index is 0.0645. The van der Waals surface area contributed by atoms with Crippen molar-refractivity contribution in [3.8, 4) is 11.1 Å². The number of hydrogen-bond donors (Lipinski definition) is 0. The molecule has 0 saturated carbocycles. The highest BCUT2D eigenvalue weighted by Crippen LogP contribution is 2.22. The highest BCUT2D eigenvalue weighted by Gasteiger charge is 2.16. The van der Waals surface area contributed by atoms with E-state index in [0.717, 1.165) is 38.2 Å². The Morgan fingerprint density at radius 1 is 1.07 bits per heavy atom. The zero-order valence-electron chi connectivity index (χ0n) is 16.5. The van der Waals surface area contributed by atoms with Crippen LogP contribution in [0.4, 0.5) is 0 Å². The maximum Gasteiger partial charge on any atom is 0.344 e. The Kier molecular flexibility index (Phi) is 5.74. The number of fused-ring (bicyclic) bond motifs is 1. The molecule has 1 aliphatic rings. The van der Waals surface area contributed by atoms with E-state index in [1.165, 1.54) is 0 Å². The first-order valence-electron chi connectivity index (χ1n) is 9.81. The predicted molar refractivity (Wildman–Crippen MR) is 112 cm³/mol. The lowest BCUT2D eigenvalue weighted by atomic mass is 10.0. The van der Waals surface area contributed by atoms with Gasteiger partial charge < -0.3 is 14.1 Å². The zero-order chi connectivity index (χ0) is 20.2. The van der Waals surface area contributed by atoms with Gasteiger partial charge in [0.25, 0.3) is 5.91 Å². The Morgan fingerprint density at radius 2 is 1.86 bits per heavy atom. The summed E-state index contributed by atoms with van der Waals surface area (Å²) in [6, 6.07) is 16.4. The second kappa shape index (κ2) is 8.59. The lowest BCUT2D eigenvalue weighted by molar-refractivity contribution is 0.0338. The van der Waals surface area contributed by atoms with Crippen LogP contribution in [-0.4, -0.2) is 62.1 Å². The SMILES string of the molecule is CN(CCN1CCOCC1)C(=O)c1cccc(-c2cc3ccccc3oc2=O)c1. The molecule has 4 rings (SSSR count). The lowest BCUT2D eigenvalue weighted by Gasteiger charge is -2.28. The van der Waals surface area contributed by atoms with E-state index in [2.05, 4.69) is 4.90 Å². The van der Waals surface area contributed by atoms with Gasteiger partial charge in [-0.3, -0.25) is 9.69 Å². The van der Waals surface area contributed by atoms with E-state index in [-0.39, 0.29) is 5.91 Å². The molecule has 0 spiro atoms. The molecule has 2 aromatic carbocycles. The fourth-order valence-electron chi connectivity index (χ4n) is 3.52. The van der Waals surface area contributed by atoms with Crippen LogP contribution in [0.1, 0.15) is 10.4 Å². The summed E-state index contributed by atoms with van der Waals surface area (Å²) in [4.78, 5) is 29.3. The minimum atomic E-state index is -0.408. The van der Waals surface area contributed by atoms with Crippen LogP contribution in [0.3, 0.4) is 0 Å². The van der Waals surface area contributed by atoms with Crippen molar-refractivity contribution in [1.29, 1.82) is 0 Å². The Morgan fingerprint density at radius 3 is 2.69 bits per heavy atom. The predicted octanol–water partition coefficient (Wildman–Crippen LogP) is 2.86. The molecular weight excluding hydrogens is 368 g/mol. The molecule has 150 valence electrons. The molecule has 0 aliphatic carbocycles. The van der Waals surface area contributed by atoms with Gasteiger partial charge in [0.15, 0.2) is 0 Å². The van der Waals surface area contributed by atoms with Crippen molar-refractivity contribution in [3.63, 3.8) is 0 Å². The van der Waals surface area contributed by atoms with Gasteiger partial charge in [-0.05, 0) is 29.8 Å². The number of carbonyl (C=O) groups is 1. The number of hydrogen-bond acceptors (Lipinski definition) is 5. The van der Waals surface area contributed by atoms with E-state index < -0.39 is 5.63 Å². The normalized spacial score (nSPS) is 14.8. The fourth-order valence-corrected chi connectivity index (χ4v) is 3.52. The van der Waals surface area contributed by atoms with E-state index >= 15 is 0 Å². The molecule has 0 N–H and O–H groups in total. The van der Waals surface area contributed by atoms with Crippen LogP contribution in [0.25, 0.3) is 22.1 Å². The molecule has 1 saturated heterocycles. The van der Waals surface area contributed by atoms with Crippen molar-refractivity contribution in [2.45, 2.75) is 0 Å². The van der Waals surface area contributed by atoms with Crippen molar-refractivity contribution in [2.24, 2.45) is 0 Å². The fraction of sp³-hybridized carbons (Fsp3) is 0.304. The van der Waals surface area contributed by atoms with E-state index in [0.29, 0.717) is 28.8 Å². The summed E-state index contributed by atoms with van der Waals surface area (Å²) in [7, 11) is 1.81. The molecule has 1 aliphatic heterocycles. The summed E-state index contributed by atoms with van der Waals surface area (Å²) in [5.74, 6) is -0.0645. The summed E-state index contributed by atoms with van der Waals surface area (Å²) in [6.07, 6.45) is 0. The summed E-state index contributed by atoms with van der Waals surface area (Å²) >= 11 is 0. The van der Waals surface area contributed by atoms with Gasteiger partial charge in [0, 0.05) is 44.2 Å². The number of carbonyl (C=O) groups excluding carboxylic acids is 1. The molecule has 1 amide bonds. The highest BCUT2D eigenvalue weighted by atomic mass is 16.5. The maximum absolute atomic E-state index is 12.9. The minimum Gasteiger partial charge on any atom is -0.422 e. The second-order valence-corrected chi connectivity index (χ2v) is 7.25. The number of nitrogens with zero attached hydrogens (tertiary/aromatic N) is 2. The number of benzene rings is 2. The molecular formula is C23H24N2O4. The third-order valence-corrected chi connectivity index (χ3v) is 5.26. The average Bonchev–Trinajstić information content (AvgIpc) is 2.77. The van der Waals surface area contributed by atoms with Crippen LogP contribution in [0.5, 0.6) is 0 Å². The molecule has 2 heterocycles. The van der Waals surface area contributed by atoms with Crippen LogP contribution in [0.2, 0.25) is 0 Å². The van der Waals surface area contributed by atoms with Gasteiger partial charge >= 0.3 is 5.63 Å². The Bertz CT molecular complexity index is 1070. The van der Waals surface area contributed by atoms with Crippen LogP contribution < -0.4 is 5.63 Å². The first-order valence-corrected chi connectivity index (χ1v) is 9.81. The molecule has 6 nitrogen and oxygen atoms in total. The van der Waals surface area contributed by atoms with E-state index in [4.69, 9.17) is 9.15 Å². The van der Waals surface area contributed by atoms with Crippen molar-refractivity contribution in [3.05, 3.63) is 70.6 Å². The summed E-state index contributed by atoms with van der Waals surface area (Å²) < 4.78 is 10.8. The average molecular weight is 392 g/mol. The van der Waals surface area contributed by atoms with Crippen molar-refractivity contribution in [1.82, 2.24) is 9.80 Å². The molecule has 0 atom stereocenters. The number of rotatable bonds is 5. The van der Waals surface area contributed by atoms with Crippen LogP contribution in [0, 0.1) is 0 Å². The van der Waals surface area contributed by atoms with Crippen LogP contribution in [0.15, 0.2) is 63.8 Å². The maximum atomic E-state index is 12.9. The Labute approximate surface area is 169 Å². The van der Waals surface area contributed by atoms with Crippen LogP contribution in [-0.2, 0) is 4.74 Å². The van der Waals surface area contributed by atoms with Gasteiger partial charge in [-0.15, -0.1) is 0 Å². The van der Waals surface area contributed by atoms with E-state index in [1.54, 1.807) is 36.2 Å². The van der Waals surface area contributed by atoms with Gasteiger partial charge in [0.2, 0.25) is 0 Å². The number of likely N-dealkylation sites (N-methyl/N-ethyl adjacent to an activating group) is 1. The first-order chi connectivity index (χ1) is 14.1.